The number of nitrogens with zero attached hydrogens (tertiary/aromatic N) is 8. The van der Waals surface area contributed by atoms with Gasteiger partial charge in [-0.2, -0.15) is 10.4 Å². The number of hydrogen-bond acceptors (Lipinski definition) is 8. The zero-order chi connectivity index (χ0) is 22.2. The summed E-state index contributed by atoms with van der Waals surface area (Å²) in [5.74, 6) is 1.10. The summed E-state index contributed by atoms with van der Waals surface area (Å²) in [7, 11) is 0. The topological polar surface area (TPSA) is 131 Å². The quantitative estimate of drug-likeness (QED) is 0.503. The lowest BCUT2D eigenvalue weighted by atomic mass is 10.2. The van der Waals surface area contributed by atoms with E-state index in [-0.39, 0.29) is 29.5 Å². The molecule has 0 spiro atoms. The molecule has 0 aliphatic carbocycles. The van der Waals surface area contributed by atoms with Gasteiger partial charge < -0.3 is 10.6 Å². The SMILES string of the molecule is N#Cc1c(N)ncnc1N1CCC[C@H]1c1nn2ccc(Cl)c2c(=O)n1Cc1ccccn1. The van der Waals surface area contributed by atoms with Crippen LogP contribution in [-0.2, 0) is 6.54 Å². The normalized spacial score (nSPS) is 15.9. The molecule has 0 unspecified atom stereocenters. The fraction of sp³-hybridized carbons (Fsp3) is 0.238. The van der Waals surface area contributed by atoms with Crippen LogP contribution in [0.25, 0.3) is 5.52 Å². The molecule has 5 heterocycles. The minimum absolute atomic E-state index is 0.120. The van der Waals surface area contributed by atoms with E-state index < -0.39 is 0 Å². The highest BCUT2D eigenvalue weighted by Gasteiger charge is 2.34. The van der Waals surface area contributed by atoms with Gasteiger partial charge in [-0.05, 0) is 31.0 Å². The van der Waals surface area contributed by atoms with E-state index in [1.807, 2.05) is 23.1 Å². The molecule has 1 atom stereocenters. The number of hydrogen-bond donors (Lipinski definition) is 1. The van der Waals surface area contributed by atoms with Crippen LogP contribution < -0.4 is 16.2 Å². The van der Waals surface area contributed by atoms with Gasteiger partial charge in [-0.3, -0.25) is 14.3 Å². The molecule has 10 nitrogen and oxygen atoms in total. The van der Waals surface area contributed by atoms with Gasteiger partial charge in [0.05, 0.1) is 23.3 Å². The average molecular weight is 448 g/mol. The number of nitrogens with two attached hydrogens (primary N) is 1. The molecule has 1 aliphatic heterocycles. The van der Waals surface area contributed by atoms with Crippen molar-refractivity contribution in [2.45, 2.75) is 25.4 Å². The van der Waals surface area contributed by atoms with E-state index in [0.717, 1.165) is 18.5 Å². The molecule has 1 aliphatic rings. The third kappa shape index (κ3) is 3.23. The summed E-state index contributed by atoms with van der Waals surface area (Å²) in [5, 5.41) is 14.7. The van der Waals surface area contributed by atoms with Crippen molar-refractivity contribution in [1.82, 2.24) is 29.1 Å². The predicted molar refractivity (Wildman–Crippen MR) is 118 cm³/mol. The van der Waals surface area contributed by atoms with Gasteiger partial charge in [0, 0.05) is 18.9 Å². The van der Waals surface area contributed by atoms with Crippen molar-refractivity contribution in [3.8, 4) is 6.07 Å². The van der Waals surface area contributed by atoms with Crippen LogP contribution in [0.5, 0.6) is 0 Å². The van der Waals surface area contributed by atoms with Crippen molar-refractivity contribution < 1.29 is 0 Å². The number of anilines is 2. The standard InChI is InChI=1S/C21H18ClN9O/c22-15-6-9-31-17(15)21(32)30(11-13-4-1-2-7-25-13)20(28-31)16-5-3-8-29(16)19-14(10-23)18(24)26-12-27-19/h1-2,4,6-7,9,12,16H,3,5,8,11H2,(H2,24,26,27)/t16-/m0/s1. The second-order valence-corrected chi connectivity index (χ2v) is 7.86. The Morgan fingerprint density at radius 2 is 2.12 bits per heavy atom. The van der Waals surface area contributed by atoms with Crippen molar-refractivity contribution in [2.75, 3.05) is 17.2 Å². The van der Waals surface area contributed by atoms with Gasteiger partial charge in [0.1, 0.15) is 29.3 Å². The Bertz CT molecular complexity index is 1410. The number of halogens is 1. The number of fused-ring (bicyclic) bond motifs is 1. The zero-order valence-electron chi connectivity index (χ0n) is 16.9. The molecule has 1 saturated heterocycles. The van der Waals surface area contributed by atoms with Crippen LogP contribution in [0.3, 0.4) is 0 Å². The molecule has 0 aromatic carbocycles. The Balaban J connectivity index is 1.69. The first-order valence-corrected chi connectivity index (χ1v) is 10.4. The van der Waals surface area contributed by atoms with Gasteiger partial charge in [-0.1, -0.05) is 17.7 Å². The van der Waals surface area contributed by atoms with Crippen molar-refractivity contribution in [2.24, 2.45) is 0 Å². The lowest BCUT2D eigenvalue weighted by Crippen LogP contribution is -2.34. The maximum Gasteiger partial charge on any atom is 0.279 e. The molecule has 0 saturated carbocycles. The molecule has 4 aromatic rings. The maximum atomic E-state index is 13.5. The molecular formula is C21H18ClN9O. The molecule has 0 amide bonds. The van der Waals surface area contributed by atoms with E-state index in [4.69, 9.17) is 22.4 Å². The summed E-state index contributed by atoms with van der Waals surface area (Å²) < 4.78 is 3.11. The fourth-order valence-electron chi connectivity index (χ4n) is 4.13. The van der Waals surface area contributed by atoms with Crippen LogP contribution in [0, 0.1) is 11.3 Å². The van der Waals surface area contributed by atoms with E-state index in [2.05, 4.69) is 21.0 Å². The molecule has 160 valence electrons. The van der Waals surface area contributed by atoms with Gasteiger partial charge in [0.25, 0.3) is 5.56 Å². The van der Waals surface area contributed by atoms with Gasteiger partial charge in [0.2, 0.25) is 0 Å². The molecule has 4 aromatic heterocycles. The molecule has 11 heteroatoms. The van der Waals surface area contributed by atoms with Gasteiger partial charge in [-0.25, -0.2) is 14.5 Å². The number of pyridine rings is 1. The summed E-state index contributed by atoms with van der Waals surface area (Å²) in [6, 6.07) is 8.99. The molecule has 1 fully saturated rings. The highest BCUT2D eigenvalue weighted by atomic mass is 35.5. The number of nitriles is 1. The summed E-state index contributed by atoms with van der Waals surface area (Å²) in [6.07, 6.45) is 6.24. The lowest BCUT2D eigenvalue weighted by Gasteiger charge is -2.27. The Hall–Kier alpha value is -3.97. The summed E-state index contributed by atoms with van der Waals surface area (Å²) in [6.45, 7) is 0.876. The van der Waals surface area contributed by atoms with Crippen molar-refractivity contribution in [3.63, 3.8) is 0 Å². The summed E-state index contributed by atoms with van der Waals surface area (Å²) in [5.41, 5.74) is 6.90. The predicted octanol–water partition coefficient (Wildman–Crippen LogP) is 2.18. The van der Waals surface area contributed by atoms with Gasteiger partial charge in [-0.15, -0.1) is 0 Å². The van der Waals surface area contributed by atoms with Crippen molar-refractivity contribution in [1.29, 1.82) is 5.26 Å². The zero-order valence-corrected chi connectivity index (χ0v) is 17.6. The highest BCUT2D eigenvalue weighted by molar-refractivity contribution is 6.33. The van der Waals surface area contributed by atoms with E-state index in [9.17, 15) is 10.1 Å². The molecule has 2 N–H and O–H groups in total. The first kappa shape index (κ1) is 20.0. The van der Waals surface area contributed by atoms with Crippen LogP contribution in [0.15, 0.2) is 47.8 Å². The van der Waals surface area contributed by atoms with Crippen LogP contribution in [0.1, 0.15) is 36.0 Å². The highest BCUT2D eigenvalue weighted by Crippen LogP contribution is 2.36. The molecular weight excluding hydrogens is 430 g/mol. The molecule has 0 bridgehead atoms. The van der Waals surface area contributed by atoms with Crippen LogP contribution in [0.4, 0.5) is 11.6 Å². The van der Waals surface area contributed by atoms with E-state index >= 15 is 0 Å². The number of aromatic nitrogens is 6. The number of nitrogen functional groups attached to an aromatic ring is 1. The Morgan fingerprint density at radius 1 is 1.25 bits per heavy atom. The van der Waals surface area contributed by atoms with Crippen molar-refractivity contribution in [3.05, 3.63) is 75.4 Å². The average Bonchev–Trinajstić information content (AvgIpc) is 3.43. The first-order chi connectivity index (χ1) is 15.6. The second-order valence-electron chi connectivity index (χ2n) is 7.45. The van der Waals surface area contributed by atoms with Gasteiger partial charge >= 0.3 is 0 Å². The monoisotopic (exact) mass is 447 g/mol. The van der Waals surface area contributed by atoms with Crippen LogP contribution in [0.2, 0.25) is 5.02 Å². The third-order valence-corrected chi connectivity index (χ3v) is 5.89. The molecule has 0 radical (unpaired) electrons. The summed E-state index contributed by atoms with van der Waals surface area (Å²) in [4.78, 5) is 28.1. The smallest absolute Gasteiger partial charge is 0.279 e. The Morgan fingerprint density at radius 3 is 2.91 bits per heavy atom. The minimum Gasteiger partial charge on any atom is -0.382 e. The lowest BCUT2D eigenvalue weighted by molar-refractivity contribution is 0.550. The van der Waals surface area contributed by atoms with Crippen LogP contribution in [-0.4, -0.2) is 35.7 Å². The largest absolute Gasteiger partial charge is 0.382 e. The van der Waals surface area contributed by atoms with E-state index in [1.54, 1.807) is 23.0 Å². The van der Waals surface area contributed by atoms with E-state index in [0.29, 0.717) is 28.7 Å². The van der Waals surface area contributed by atoms with E-state index in [1.165, 1.54) is 10.8 Å². The summed E-state index contributed by atoms with van der Waals surface area (Å²) >= 11 is 6.28. The molecule has 32 heavy (non-hydrogen) atoms. The second kappa shape index (κ2) is 7.94. The minimum atomic E-state index is -0.293. The maximum absolute atomic E-state index is 13.5. The fourth-order valence-corrected chi connectivity index (χ4v) is 4.36. The Labute approximate surface area is 187 Å². The number of rotatable bonds is 4. The van der Waals surface area contributed by atoms with Crippen LogP contribution >= 0.6 is 11.6 Å². The molecule has 5 rings (SSSR count). The van der Waals surface area contributed by atoms with Crippen molar-refractivity contribution >= 4 is 28.8 Å². The first-order valence-electron chi connectivity index (χ1n) is 10.0. The Kier molecular flexibility index (Phi) is 4.95. The third-order valence-electron chi connectivity index (χ3n) is 5.59. The van der Waals surface area contributed by atoms with Gasteiger partial charge in [0.15, 0.2) is 11.6 Å².